The van der Waals surface area contributed by atoms with Crippen LogP contribution in [0.5, 0.6) is 0 Å². The van der Waals surface area contributed by atoms with Crippen LogP contribution in [0.1, 0.15) is 84.1 Å². The van der Waals surface area contributed by atoms with E-state index in [-0.39, 0.29) is 0 Å². The molecule has 1 aromatic rings. The number of hydrogen-bond donors (Lipinski definition) is 1. The Kier molecular flexibility index (Phi) is 10.0. The number of hydrogen-bond acceptors (Lipinski definition) is 1. The monoisotopic (exact) mass is 289 g/mol. The summed E-state index contributed by atoms with van der Waals surface area (Å²) < 4.78 is 0. The van der Waals surface area contributed by atoms with Gasteiger partial charge in [0.05, 0.1) is 0 Å². The molecule has 0 aliphatic carbocycles. The van der Waals surface area contributed by atoms with E-state index in [0.29, 0.717) is 6.04 Å². The van der Waals surface area contributed by atoms with Crippen LogP contribution in [0.25, 0.3) is 0 Å². The van der Waals surface area contributed by atoms with Crippen molar-refractivity contribution in [2.75, 3.05) is 5.32 Å². The first kappa shape index (κ1) is 18.1. The molecule has 0 amide bonds. The van der Waals surface area contributed by atoms with Gasteiger partial charge in [-0.05, 0) is 30.9 Å². The molecule has 0 fully saturated rings. The fourth-order valence-electron chi connectivity index (χ4n) is 2.94. The second-order valence-electron chi connectivity index (χ2n) is 6.24. The molecule has 1 rings (SSSR count). The first-order chi connectivity index (χ1) is 10.3. The molecule has 1 nitrogen and oxygen atoms in total. The van der Waals surface area contributed by atoms with Gasteiger partial charge >= 0.3 is 0 Å². The van der Waals surface area contributed by atoms with Crippen molar-refractivity contribution in [2.45, 2.75) is 91.0 Å². The number of nitrogens with one attached hydrogen (secondary N) is 1. The zero-order valence-corrected chi connectivity index (χ0v) is 14.5. The van der Waals surface area contributed by atoms with Crippen molar-refractivity contribution in [1.29, 1.82) is 0 Å². The van der Waals surface area contributed by atoms with Gasteiger partial charge in [-0.2, -0.15) is 0 Å². The number of aryl methyl sites for hydroxylation is 1. The molecule has 1 N–H and O–H groups in total. The van der Waals surface area contributed by atoms with Crippen molar-refractivity contribution >= 4 is 5.69 Å². The highest BCUT2D eigenvalue weighted by molar-refractivity contribution is 5.51. The first-order valence-corrected chi connectivity index (χ1v) is 9.16. The molecule has 0 aliphatic heterocycles. The Morgan fingerprint density at radius 3 is 2.00 bits per heavy atom. The van der Waals surface area contributed by atoms with Crippen molar-refractivity contribution in [3.8, 4) is 0 Å². The number of para-hydroxylation sites is 1. The Hall–Kier alpha value is -0.980. The summed E-state index contributed by atoms with van der Waals surface area (Å²) in [6.45, 7) is 6.84. The Labute approximate surface area is 132 Å². The third-order valence-corrected chi connectivity index (χ3v) is 4.21. The van der Waals surface area contributed by atoms with Gasteiger partial charge in [0.2, 0.25) is 0 Å². The van der Waals surface area contributed by atoms with Gasteiger partial charge in [-0.3, -0.25) is 0 Å². The molecule has 0 heterocycles. The van der Waals surface area contributed by atoms with E-state index in [2.05, 4.69) is 50.4 Å². The van der Waals surface area contributed by atoms with Gasteiger partial charge in [0.1, 0.15) is 0 Å². The third-order valence-electron chi connectivity index (χ3n) is 4.21. The molecule has 0 aliphatic rings. The van der Waals surface area contributed by atoms with E-state index in [4.69, 9.17) is 0 Å². The Morgan fingerprint density at radius 1 is 0.810 bits per heavy atom. The third kappa shape index (κ3) is 7.55. The summed E-state index contributed by atoms with van der Waals surface area (Å²) in [6, 6.07) is 9.52. The van der Waals surface area contributed by atoms with Crippen LogP contribution in [0, 0.1) is 0 Å². The standard InChI is InChI=1S/C20H35N/c1-4-7-9-15-19(16-10-8-5-2)21-20-17-12-11-14-18(20)13-6-3/h11-12,14,17,19,21H,4-10,13,15-16H2,1-3H3. The normalized spacial score (nSPS) is 11.0. The zero-order chi connectivity index (χ0) is 15.3. The molecule has 0 spiro atoms. The summed E-state index contributed by atoms with van der Waals surface area (Å²) in [5.41, 5.74) is 2.85. The van der Waals surface area contributed by atoms with Crippen molar-refractivity contribution in [3.63, 3.8) is 0 Å². The molecule has 0 bridgehead atoms. The number of benzene rings is 1. The SMILES string of the molecule is CCCCCC(CCCCC)Nc1ccccc1CCC. The van der Waals surface area contributed by atoms with Gasteiger partial charge in [-0.25, -0.2) is 0 Å². The zero-order valence-electron chi connectivity index (χ0n) is 14.5. The minimum Gasteiger partial charge on any atom is -0.382 e. The van der Waals surface area contributed by atoms with E-state index in [9.17, 15) is 0 Å². The summed E-state index contributed by atoms with van der Waals surface area (Å²) in [5.74, 6) is 0. The van der Waals surface area contributed by atoms with E-state index in [1.165, 1.54) is 75.5 Å². The summed E-state index contributed by atoms with van der Waals surface area (Å²) in [6.07, 6.45) is 13.1. The average molecular weight is 290 g/mol. The fourth-order valence-corrected chi connectivity index (χ4v) is 2.94. The molecule has 0 atom stereocenters. The molecule has 21 heavy (non-hydrogen) atoms. The van der Waals surface area contributed by atoms with Crippen LogP contribution >= 0.6 is 0 Å². The maximum atomic E-state index is 3.85. The van der Waals surface area contributed by atoms with Crippen LogP contribution in [0.2, 0.25) is 0 Å². The predicted molar refractivity (Wildman–Crippen MR) is 96.1 cm³/mol. The van der Waals surface area contributed by atoms with E-state index in [1.54, 1.807) is 0 Å². The van der Waals surface area contributed by atoms with Gasteiger partial charge in [0.25, 0.3) is 0 Å². The smallest absolute Gasteiger partial charge is 0.0374 e. The molecular weight excluding hydrogens is 254 g/mol. The molecule has 0 saturated carbocycles. The molecule has 0 radical (unpaired) electrons. The number of anilines is 1. The molecule has 0 saturated heterocycles. The molecule has 1 aromatic carbocycles. The van der Waals surface area contributed by atoms with Gasteiger partial charge < -0.3 is 5.32 Å². The lowest BCUT2D eigenvalue weighted by atomic mass is 10.0. The predicted octanol–water partition coefficient (Wildman–Crippen LogP) is 6.58. The summed E-state index contributed by atoms with van der Waals surface area (Å²) in [4.78, 5) is 0. The maximum absolute atomic E-state index is 3.85. The van der Waals surface area contributed by atoms with Crippen molar-refractivity contribution in [2.24, 2.45) is 0 Å². The second kappa shape index (κ2) is 11.7. The lowest BCUT2D eigenvalue weighted by Crippen LogP contribution is -2.20. The second-order valence-corrected chi connectivity index (χ2v) is 6.24. The minimum atomic E-state index is 0.654. The highest BCUT2D eigenvalue weighted by atomic mass is 14.9. The van der Waals surface area contributed by atoms with Crippen LogP contribution < -0.4 is 5.32 Å². The van der Waals surface area contributed by atoms with E-state index in [0.717, 1.165) is 0 Å². The van der Waals surface area contributed by atoms with E-state index < -0.39 is 0 Å². The summed E-state index contributed by atoms with van der Waals surface area (Å²) in [7, 11) is 0. The van der Waals surface area contributed by atoms with Crippen LogP contribution in [0.4, 0.5) is 5.69 Å². The molecular formula is C20H35N. The van der Waals surface area contributed by atoms with Crippen molar-refractivity contribution in [1.82, 2.24) is 0 Å². The Bertz CT molecular complexity index is 349. The number of unbranched alkanes of at least 4 members (excludes halogenated alkanes) is 4. The van der Waals surface area contributed by atoms with E-state index >= 15 is 0 Å². The Morgan fingerprint density at radius 2 is 1.43 bits per heavy atom. The highest BCUT2D eigenvalue weighted by Crippen LogP contribution is 2.21. The molecule has 0 aromatic heterocycles. The molecule has 0 unspecified atom stereocenters. The van der Waals surface area contributed by atoms with Gasteiger partial charge in [0.15, 0.2) is 0 Å². The van der Waals surface area contributed by atoms with Gasteiger partial charge in [0, 0.05) is 11.7 Å². The van der Waals surface area contributed by atoms with Crippen LogP contribution in [0.3, 0.4) is 0 Å². The molecule has 120 valence electrons. The largest absolute Gasteiger partial charge is 0.382 e. The number of rotatable bonds is 12. The average Bonchev–Trinajstić information content (AvgIpc) is 2.49. The van der Waals surface area contributed by atoms with Crippen molar-refractivity contribution < 1.29 is 0 Å². The van der Waals surface area contributed by atoms with Gasteiger partial charge in [-0.1, -0.05) is 83.9 Å². The lowest BCUT2D eigenvalue weighted by molar-refractivity contribution is 0.526. The highest BCUT2D eigenvalue weighted by Gasteiger charge is 2.10. The van der Waals surface area contributed by atoms with Crippen LogP contribution in [0.15, 0.2) is 24.3 Å². The quantitative estimate of drug-likeness (QED) is 0.428. The van der Waals surface area contributed by atoms with Gasteiger partial charge in [-0.15, -0.1) is 0 Å². The molecule has 1 heteroatoms. The van der Waals surface area contributed by atoms with Crippen LogP contribution in [-0.4, -0.2) is 6.04 Å². The lowest BCUT2D eigenvalue weighted by Gasteiger charge is -2.22. The van der Waals surface area contributed by atoms with Crippen LogP contribution in [-0.2, 0) is 6.42 Å². The Balaban J connectivity index is 2.60. The first-order valence-electron chi connectivity index (χ1n) is 9.16. The summed E-state index contributed by atoms with van der Waals surface area (Å²) in [5, 5.41) is 3.85. The minimum absolute atomic E-state index is 0.654. The van der Waals surface area contributed by atoms with E-state index in [1.807, 2.05) is 0 Å². The summed E-state index contributed by atoms with van der Waals surface area (Å²) >= 11 is 0. The topological polar surface area (TPSA) is 12.0 Å². The maximum Gasteiger partial charge on any atom is 0.0374 e. The fraction of sp³-hybridized carbons (Fsp3) is 0.700. The van der Waals surface area contributed by atoms with Crippen molar-refractivity contribution in [3.05, 3.63) is 29.8 Å².